The quantitative estimate of drug-likeness (QED) is 0.492. The van der Waals surface area contributed by atoms with Gasteiger partial charge in [-0.3, -0.25) is 9.59 Å². The van der Waals surface area contributed by atoms with Crippen molar-refractivity contribution in [2.45, 2.75) is 38.5 Å². The highest BCUT2D eigenvalue weighted by Crippen LogP contribution is 2.36. The predicted molar refractivity (Wildman–Crippen MR) is 112 cm³/mol. The van der Waals surface area contributed by atoms with E-state index >= 15 is 0 Å². The molecule has 0 atom stereocenters. The Balaban J connectivity index is 1.36. The zero-order valence-corrected chi connectivity index (χ0v) is 16.7. The van der Waals surface area contributed by atoms with E-state index in [4.69, 9.17) is 4.74 Å². The highest BCUT2D eigenvalue weighted by Gasteiger charge is 2.21. The standard InChI is InChI=1S/C22H21N3O3S/c23-11-17-16-7-2-1-3-9-19(16)29-22(17)25-20(26)13-28-21(27)10-14-12-24-18-8-5-4-6-15(14)18/h4-6,8,12,24H,1-3,7,9-10,13H2,(H,25,26). The first-order valence-electron chi connectivity index (χ1n) is 9.71. The summed E-state index contributed by atoms with van der Waals surface area (Å²) < 4.78 is 5.15. The molecule has 0 unspecified atom stereocenters. The average Bonchev–Trinajstić information content (AvgIpc) is 3.19. The molecule has 1 aliphatic rings. The van der Waals surface area contributed by atoms with Gasteiger partial charge in [-0.1, -0.05) is 24.6 Å². The fraction of sp³-hybridized carbons (Fsp3) is 0.318. The molecule has 0 aliphatic heterocycles. The number of carbonyl (C=O) groups is 2. The molecule has 3 aromatic rings. The number of hydrogen-bond donors (Lipinski definition) is 2. The molecule has 29 heavy (non-hydrogen) atoms. The van der Waals surface area contributed by atoms with Gasteiger partial charge in [-0.05, 0) is 42.9 Å². The third kappa shape index (κ3) is 4.17. The number of benzene rings is 1. The number of nitriles is 1. The zero-order valence-electron chi connectivity index (χ0n) is 15.9. The van der Waals surface area contributed by atoms with E-state index in [9.17, 15) is 14.9 Å². The molecule has 1 aromatic carbocycles. The number of aryl methyl sites for hydroxylation is 1. The number of fused-ring (bicyclic) bond motifs is 2. The minimum atomic E-state index is -0.465. The summed E-state index contributed by atoms with van der Waals surface area (Å²) >= 11 is 1.47. The van der Waals surface area contributed by atoms with E-state index in [1.807, 2.05) is 24.3 Å². The van der Waals surface area contributed by atoms with Crippen molar-refractivity contribution in [3.05, 3.63) is 52.0 Å². The number of thiophene rings is 1. The fourth-order valence-electron chi connectivity index (χ4n) is 3.74. The molecule has 4 rings (SSSR count). The Labute approximate surface area is 172 Å². The zero-order chi connectivity index (χ0) is 20.2. The van der Waals surface area contributed by atoms with Crippen LogP contribution in [0.25, 0.3) is 10.9 Å². The van der Waals surface area contributed by atoms with Gasteiger partial charge in [-0.15, -0.1) is 11.3 Å². The average molecular weight is 407 g/mol. The molecular formula is C22H21N3O3S. The molecule has 0 radical (unpaired) electrons. The molecule has 0 saturated heterocycles. The summed E-state index contributed by atoms with van der Waals surface area (Å²) in [6, 6.07) is 9.94. The molecule has 1 aliphatic carbocycles. The summed E-state index contributed by atoms with van der Waals surface area (Å²) in [7, 11) is 0. The third-order valence-electron chi connectivity index (χ3n) is 5.16. The summed E-state index contributed by atoms with van der Waals surface area (Å²) in [6.45, 7) is -0.366. The number of nitrogens with zero attached hydrogens (tertiary/aromatic N) is 1. The van der Waals surface area contributed by atoms with E-state index < -0.39 is 11.9 Å². The van der Waals surface area contributed by atoms with Crippen LogP contribution in [0.15, 0.2) is 30.5 Å². The largest absolute Gasteiger partial charge is 0.455 e. The van der Waals surface area contributed by atoms with E-state index in [2.05, 4.69) is 16.4 Å². The van der Waals surface area contributed by atoms with Crippen LogP contribution in [0.5, 0.6) is 0 Å². The topological polar surface area (TPSA) is 95.0 Å². The number of amides is 1. The van der Waals surface area contributed by atoms with Gasteiger partial charge in [-0.25, -0.2) is 0 Å². The van der Waals surface area contributed by atoms with E-state index in [0.29, 0.717) is 10.6 Å². The molecule has 0 saturated carbocycles. The van der Waals surface area contributed by atoms with Crippen molar-refractivity contribution in [2.24, 2.45) is 0 Å². The van der Waals surface area contributed by atoms with E-state index in [0.717, 1.165) is 47.7 Å². The second-order valence-corrected chi connectivity index (χ2v) is 8.23. The molecule has 6 nitrogen and oxygen atoms in total. The number of ether oxygens (including phenoxy) is 1. The number of H-pyrrole nitrogens is 1. The minimum absolute atomic E-state index is 0.0913. The molecule has 0 bridgehead atoms. The van der Waals surface area contributed by atoms with Crippen LogP contribution in [0.4, 0.5) is 5.00 Å². The highest BCUT2D eigenvalue weighted by molar-refractivity contribution is 7.16. The van der Waals surface area contributed by atoms with E-state index in [-0.39, 0.29) is 13.0 Å². The Hall–Kier alpha value is -3.11. The lowest BCUT2D eigenvalue weighted by Gasteiger charge is -2.06. The van der Waals surface area contributed by atoms with Crippen LogP contribution in [-0.4, -0.2) is 23.5 Å². The number of esters is 1. The van der Waals surface area contributed by atoms with Crippen LogP contribution in [-0.2, 0) is 33.6 Å². The molecular weight excluding hydrogens is 386 g/mol. The van der Waals surface area contributed by atoms with Crippen LogP contribution >= 0.6 is 11.3 Å². The van der Waals surface area contributed by atoms with Gasteiger partial charge in [0.2, 0.25) is 0 Å². The minimum Gasteiger partial charge on any atom is -0.455 e. The van der Waals surface area contributed by atoms with Gasteiger partial charge in [0.05, 0.1) is 12.0 Å². The van der Waals surface area contributed by atoms with Crippen molar-refractivity contribution < 1.29 is 14.3 Å². The van der Waals surface area contributed by atoms with E-state index in [1.54, 1.807) is 6.20 Å². The Morgan fingerprint density at radius 1 is 1.21 bits per heavy atom. The summed E-state index contributed by atoms with van der Waals surface area (Å²) in [6.07, 6.45) is 7.04. The summed E-state index contributed by atoms with van der Waals surface area (Å²) in [5, 5.41) is 13.8. The first-order chi connectivity index (χ1) is 14.2. The lowest BCUT2D eigenvalue weighted by molar-refractivity contribution is -0.146. The van der Waals surface area contributed by atoms with Crippen LogP contribution in [0.1, 0.15) is 40.8 Å². The molecule has 0 spiro atoms. The van der Waals surface area contributed by atoms with Gasteiger partial charge in [0, 0.05) is 22.0 Å². The summed E-state index contributed by atoms with van der Waals surface area (Å²) in [4.78, 5) is 28.8. The predicted octanol–water partition coefficient (Wildman–Crippen LogP) is 4.09. The number of nitrogens with one attached hydrogen (secondary N) is 2. The maximum absolute atomic E-state index is 12.3. The Kier molecular flexibility index (Phi) is 5.63. The van der Waals surface area contributed by atoms with Gasteiger partial charge >= 0.3 is 5.97 Å². The van der Waals surface area contributed by atoms with Crippen molar-refractivity contribution in [1.82, 2.24) is 4.98 Å². The van der Waals surface area contributed by atoms with Crippen molar-refractivity contribution >= 4 is 39.1 Å². The monoisotopic (exact) mass is 407 g/mol. The van der Waals surface area contributed by atoms with Gasteiger partial charge in [-0.2, -0.15) is 5.26 Å². The van der Waals surface area contributed by atoms with Gasteiger partial charge in [0.25, 0.3) is 5.91 Å². The number of aromatic nitrogens is 1. The number of hydrogen-bond acceptors (Lipinski definition) is 5. The van der Waals surface area contributed by atoms with Gasteiger partial charge in [0.1, 0.15) is 11.1 Å². The number of carbonyl (C=O) groups excluding carboxylic acids is 2. The van der Waals surface area contributed by atoms with Gasteiger partial charge < -0.3 is 15.0 Å². The number of para-hydroxylation sites is 1. The first kappa shape index (κ1) is 19.2. The second kappa shape index (κ2) is 8.50. The Morgan fingerprint density at radius 2 is 2.03 bits per heavy atom. The molecule has 2 aromatic heterocycles. The van der Waals surface area contributed by atoms with Crippen molar-refractivity contribution in [3.8, 4) is 6.07 Å². The Bertz CT molecular complexity index is 1110. The second-order valence-electron chi connectivity index (χ2n) is 7.13. The number of anilines is 1. The maximum atomic E-state index is 12.3. The summed E-state index contributed by atoms with van der Waals surface area (Å²) in [5.74, 6) is -0.891. The lowest BCUT2D eigenvalue weighted by Crippen LogP contribution is -2.21. The Morgan fingerprint density at radius 3 is 2.90 bits per heavy atom. The van der Waals surface area contributed by atoms with Crippen LogP contribution in [0.2, 0.25) is 0 Å². The van der Waals surface area contributed by atoms with Crippen LogP contribution in [0.3, 0.4) is 0 Å². The normalized spacial score (nSPS) is 13.3. The van der Waals surface area contributed by atoms with E-state index in [1.165, 1.54) is 22.6 Å². The molecule has 2 heterocycles. The molecule has 7 heteroatoms. The smallest absolute Gasteiger partial charge is 0.310 e. The highest BCUT2D eigenvalue weighted by atomic mass is 32.1. The van der Waals surface area contributed by atoms with Crippen molar-refractivity contribution in [2.75, 3.05) is 11.9 Å². The maximum Gasteiger partial charge on any atom is 0.310 e. The van der Waals surface area contributed by atoms with Crippen molar-refractivity contribution in [1.29, 1.82) is 5.26 Å². The lowest BCUT2D eigenvalue weighted by atomic mass is 10.1. The molecule has 1 amide bonds. The first-order valence-corrected chi connectivity index (χ1v) is 10.5. The van der Waals surface area contributed by atoms with Crippen molar-refractivity contribution in [3.63, 3.8) is 0 Å². The molecule has 2 N–H and O–H groups in total. The third-order valence-corrected chi connectivity index (χ3v) is 6.37. The molecule has 148 valence electrons. The van der Waals surface area contributed by atoms with Gasteiger partial charge in [0.15, 0.2) is 6.61 Å². The molecule has 0 fully saturated rings. The summed E-state index contributed by atoms with van der Waals surface area (Å²) in [5.41, 5.74) is 3.42. The van der Waals surface area contributed by atoms with Crippen LogP contribution < -0.4 is 5.32 Å². The fourth-order valence-corrected chi connectivity index (χ4v) is 5.00. The van der Waals surface area contributed by atoms with Crippen LogP contribution in [0, 0.1) is 11.3 Å². The number of rotatable bonds is 5. The SMILES string of the molecule is N#Cc1c(NC(=O)COC(=O)Cc2c[nH]c3ccccc23)sc2c1CCCCC2. The number of aromatic amines is 1.